The standard InChI is InChI=1S/C12H26ClNO/c1-12(6-8-13)7-10-14(2)9-4-3-5-11-15/h12,15H,3-11H2,1-2H3. The molecule has 1 N–H and O–H groups in total. The lowest BCUT2D eigenvalue weighted by Crippen LogP contribution is -2.22. The minimum atomic E-state index is 0.330. The van der Waals surface area contributed by atoms with Crippen molar-refractivity contribution in [2.24, 2.45) is 5.92 Å². The first-order valence-electron chi connectivity index (χ1n) is 6.06. The van der Waals surface area contributed by atoms with Crippen LogP contribution >= 0.6 is 11.6 Å². The molecule has 1 atom stereocenters. The van der Waals surface area contributed by atoms with Crippen molar-refractivity contribution in [3.8, 4) is 0 Å². The molecule has 0 aromatic rings. The van der Waals surface area contributed by atoms with Crippen molar-refractivity contribution in [3.05, 3.63) is 0 Å². The summed E-state index contributed by atoms with van der Waals surface area (Å²) in [6.45, 7) is 4.91. The van der Waals surface area contributed by atoms with Crippen LogP contribution in [0.4, 0.5) is 0 Å². The molecule has 0 aromatic heterocycles. The van der Waals surface area contributed by atoms with Crippen LogP contribution in [0.3, 0.4) is 0 Å². The molecule has 0 heterocycles. The van der Waals surface area contributed by atoms with Crippen LogP contribution in [0.5, 0.6) is 0 Å². The summed E-state index contributed by atoms with van der Waals surface area (Å²) in [7, 11) is 2.17. The number of aliphatic hydroxyl groups excluding tert-OH is 1. The summed E-state index contributed by atoms with van der Waals surface area (Å²) in [6, 6.07) is 0. The molecule has 1 unspecified atom stereocenters. The second-order valence-electron chi connectivity index (χ2n) is 4.46. The van der Waals surface area contributed by atoms with Gasteiger partial charge in [0.2, 0.25) is 0 Å². The molecule has 0 saturated heterocycles. The maximum Gasteiger partial charge on any atom is 0.0431 e. The molecule has 2 nitrogen and oxygen atoms in total. The van der Waals surface area contributed by atoms with E-state index in [0.29, 0.717) is 6.61 Å². The van der Waals surface area contributed by atoms with E-state index in [1.165, 1.54) is 12.8 Å². The van der Waals surface area contributed by atoms with Crippen molar-refractivity contribution in [1.29, 1.82) is 0 Å². The average molecular weight is 236 g/mol. The van der Waals surface area contributed by atoms with Gasteiger partial charge in [0.15, 0.2) is 0 Å². The monoisotopic (exact) mass is 235 g/mol. The molecule has 0 radical (unpaired) electrons. The molecular weight excluding hydrogens is 210 g/mol. The third-order valence-corrected chi connectivity index (χ3v) is 3.02. The van der Waals surface area contributed by atoms with Gasteiger partial charge in [-0.3, -0.25) is 0 Å². The zero-order chi connectivity index (χ0) is 11.5. The fourth-order valence-corrected chi connectivity index (χ4v) is 1.93. The number of rotatable bonds is 10. The fourth-order valence-electron chi connectivity index (χ4n) is 1.55. The molecule has 0 aliphatic heterocycles. The van der Waals surface area contributed by atoms with Crippen molar-refractivity contribution < 1.29 is 5.11 Å². The molecule has 0 saturated carbocycles. The van der Waals surface area contributed by atoms with Gasteiger partial charge in [0.25, 0.3) is 0 Å². The summed E-state index contributed by atoms with van der Waals surface area (Å²) >= 11 is 5.69. The highest BCUT2D eigenvalue weighted by Crippen LogP contribution is 2.09. The van der Waals surface area contributed by atoms with Crippen LogP contribution in [-0.4, -0.2) is 42.6 Å². The quantitative estimate of drug-likeness (QED) is 0.465. The number of nitrogens with zero attached hydrogens (tertiary/aromatic N) is 1. The normalized spacial score (nSPS) is 13.4. The molecule has 15 heavy (non-hydrogen) atoms. The zero-order valence-electron chi connectivity index (χ0n) is 10.2. The van der Waals surface area contributed by atoms with Crippen LogP contribution in [0, 0.1) is 5.92 Å². The van der Waals surface area contributed by atoms with Crippen molar-refractivity contribution in [3.63, 3.8) is 0 Å². The predicted molar refractivity (Wildman–Crippen MR) is 67.6 cm³/mol. The predicted octanol–water partition coefficient (Wildman–Crippen LogP) is 2.74. The summed E-state index contributed by atoms with van der Waals surface area (Å²) in [5.41, 5.74) is 0. The molecule has 0 spiro atoms. The van der Waals surface area contributed by atoms with Crippen LogP contribution in [0.2, 0.25) is 0 Å². The second-order valence-corrected chi connectivity index (χ2v) is 4.84. The van der Waals surface area contributed by atoms with E-state index in [0.717, 1.165) is 44.1 Å². The van der Waals surface area contributed by atoms with Crippen molar-refractivity contribution in [2.45, 2.75) is 39.0 Å². The van der Waals surface area contributed by atoms with Gasteiger partial charge in [-0.25, -0.2) is 0 Å². The first-order valence-corrected chi connectivity index (χ1v) is 6.59. The summed E-state index contributed by atoms with van der Waals surface area (Å²) < 4.78 is 0. The fraction of sp³-hybridized carbons (Fsp3) is 1.00. The number of hydrogen-bond donors (Lipinski definition) is 1. The third kappa shape index (κ3) is 10.5. The summed E-state index contributed by atoms with van der Waals surface area (Å²) in [4.78, 5) is 2.38. The molecule has 0 aliphatic rings. The van der Waals surface area contributed by atoms with E-state index >= 15 is 0 Å². The van der Waals surface area contributed by atoms with E-state index in [1.807, 2.05) is 0 Å². The van der Waals surface area contributed by atoms with Gasteiger partial charge in [-0.05, 0) is 58.2 Å². The van der Waals surface area contributed by atoms with Gasteiger partial charge in [0.1, 0.15) is 0 Å². The Morgan fingerprint density at radius 1 is 1.13 bits per heavy atom. The van der Waals surface area contributed by atoms with Gasteiger partial charge >= 0.3 is 0 Å². The van der Waals surface area contributed by atoms with Crippen LogP contribution in [0.1, 0.15) is 39.0 Å². The lowest BCUT2D eigenvalue weighted by Gasteiger charge is -2.18. The molecule has 3 heteroatoms. The highest BCUT2D eigenvalue weighted by molar-refractivity contribution is 6.17. The Hall–Kier alpha value is 0.210. The molecule has 92 valence electrons. The average Bonchev–Trinajstić information content (AvgIpc) is 2.22. The van der Waals surface area contributed by atoms with E-state index in [1.54, 1.807) is 0 Å². The molecule has 0 bridgehead atoms. The molecule has 0 rings (SSSR count). The highest BCUT2D eigenvalue weighted by atomic mass is 35.5. The Bertz CT molecular complexity index is 133. The molecule has 0 aliphatic carbocycles. The first kappa shape index (κ1) is 15.2. The van der Waals surface area contributed by atoms with E-state index in [-0.39, 0.29) is 0 Å². The van der Waals surface area contributed by atoms with Gasteiger partial charge in [0, 0.05) is 12.5 Å². The number of aliphatic hydroxyl groups is 1. The van der Waals surface area contributed by atoms with E-state index in [9.17, 15) is 0 Å². The van der Waals surface area contributed by atoms with Crippen LogP contribution < -0.4 is 0 Å². The minimum Gasteiger partial charge on any atom is -0.396 e. The third-order valence-electron chi connectivity index (χ3n) is 2.80. The van der Waals surface area contributed by atoms with Gasteiger partial charge in [-0.2, -0.15) is 0 Å². The van der Waals surface area contributed by atoms with Gasteiger partial charge in [0.05, 0.1) is 0 Å². The van der Waals surface area contributed by atoms with Crippen molar-refractivity contribution >= 4 is 11.6 Å². The Balaban J connectivity index is 3.28. The van der Waals surface area contributed by atoms with E-state index in [2.05, 4.69) is 18.9 Å². The van der Waals surface area contributed by atoms with Gasteiger partial charge in [-0.15, -0.1) is 11.6 Å². The van der Waals surface area contributed by atoms with Crippen LogP contribution in [-0.2, 0) is 0 Å². The van der Waals surface area contributed by atoms with E-state index in [4.69, 9.17) is 16.7 Å². The Morgan fingerprint density at radius 2 is 1.87 bits per heavy atom. The van der Waals surface area contributed by atoms with Gasteiger partial charge in [-0.1, -0.05) is 6.92 Å². The largest absolute Gasteiger partial charge is 0.396 e. The molecular formula is C12H26ClNO. The highest BCUT2D eigenvalue weighted by Gasteiger charge is 2.03. The Kier molecular flexibility index (Phi) is 10.9. The maximum absolute atomic E-state index is 8.64. The van der Waals surface area contributed by atoms with Crippen LogP contribution in [0.25, 0.3) is 0 Å². The first-order chi connectivity index (χ1) is 7.20. The minimum absolute atomic E-state index is 0.330. The number of halogens is 1. The maximum atomic E-state index is 8.64. The molecule has 0 amide bonds. The van der Waals surface area contributed by atoms with Crippen molar-refractivity contribution in [2.75, 3.05) is 32.6 Å². The number of unbranched alkanes of at least 4 members (excludes halogenated alkanes) is 2. The SMILES string of the molecule is CC(CCCl)CCN(C)CCCCCO. The summed E-state index contributed by atoms with van der Waals surface area (Å²) in [5, 5.41) is 8.64. The number of alkyl halides is 1. The van der Waals surface area contributed by atoms with Crippen molar-refractivity contribution in [1.82, 2.24) is 4.90 Å². The lowest BCUT2D eigenvalue weighted by atomic mass is 10.1. The Labute approximate surface area is 99.6 Å². The molecule has 0 aromatic carbocycles. The Morgan fingerprint density at radius 3 is 2.47 bits per heavy atom. The topological polar surface area (TPSA) is 23.5 Å². The van der Waals surface area contributed by atoms with E-state index < -0.39 is 0 Å². The van der Waals surface area contributed by atoms with Gasteiger partial charge < -0.3 is 10.0 Å². The zero-order valence-corrected chi connectivity index (χ0v) is 11.0. The smallest absolute Gasteiger partial charge is 0.0431 e. The number of hydrogen-bond acceptors (Lipinski definition) is 2. The van der Waals surface area contributed by atoms with Crippen LogP contribution in [0.15, 0.2) is 0 Å². The summed E-state index contributed by atoms with van der Waals surface area (Å²) in [6.07, 6.45) is 5.64. The second kappa shape index (κ2) is 10.7. The summed E-state index contributed by atoms with van der Waals surface area (Å²) in [5.74, 6) is 1.52. The lowest BCUT2D eigenvalue weighted by molar-refractivity contribution is 0.267. The molecule has 0 fully saturated rings.